The summed E-state index contributed by atoms with van der Waals surface area (Å²) in [5.41, 5.74) is 5.36. The summed E-state index contributed by atoms with van der Waals surface area (Å²) in [6.45, 7) is 8.69. The quantitative estimate of drug-likeness (QED) is 0.139. The minimum atomic E-state index is -0.367. The van der Waals surface area contributed by atoms with Gasteiger partial charge in [0, 0.05) is 40.6 Å². The van der Waals surface area contributed by atoms with Gasteiger partial charge in [0.15, 0.2) is 0 Å². The van der Waals surface area contributed by atoms with E-state index in [0.29, 0.717) is 41.4 Å². The summed E-state index contributed by atoms with van der Waals surface area (Å²) >= 11 is 0. The molecule has 0 radical (unpaired) electrons. The minimum Gasteiger partial charge on any atom is -0.488 e. The third-order valence-corrected chi connectivity index (χ3v) is 9.28. The number of fused-ring (bicyclic) bond motifs is 1. The van der Waals surface area contributed by atoms with E-state index in [1.165, 1.54) is 32.1 Å². The van der Waals surface area contributed by atoms with Crippen molar-refractivity contribution in [1.82, 2.24) is 24.7 Å². The molecule has 1 aliphatic carbocycles. The number of aryl methyl sites for hydroxylation is 1. The zero-order valence-corrected chi connectivity index (χ0v) is 29.6. The van der Waals surface area contributed by atoms with Crippen LogP contribution in [0.25, 0.3) is 16.5 Å². The first-order valence-corrected chi connectivity index (χ1v) is 17.6. The number of urea groups is 1. The molecule has 0 aliphatic heterocycles. The molecule has 1 saturated carbocycles. The third kappa shape index (κ3) is 8.01. The molecule has 0 bridgehead atoms. The van der Waals surface area contributed by atoms with Gasteiger partial charge in [-0.3, -0.25) is 10.3 Å². The Bertz CT molecular complexity index is 2150. The van der Waals surface area contributed by atoms with Crippen LogP contribution < -0.4 is 20.7 Å². The normalized spacial score (nSPS) is 13.6. The van der Waals surface area contributed by atoms with Gasteiger partial charge < -0.3 is 15.4 Å². The van der Waals surface area contributed by atoms with Crippen LogP contribution in [0.4, 0.5) is 27.9 Å². The number of carbonyl (C=O) groups is 1. The second-order valence-electron chi connectivity index (χ2n) is 14.3. The Kier molecular flexibility index (Phi) is 9.65. The molecule has 0 atom stereocenters. The molecule has 51 heavy (non-hydrogen) atoms. The summed E-state index contributed by atoms with van der Waals surface area (Å²) in [7, 11) is 0. The van der Waals surface area contributed by atoms with Gasteiger partial charge in [0.1, 0.15) is 29.8 Å². The lowest BCUT2D eigenvalue weighted by molar-refractivity contribution is 0.262. The summed E-state index contributed by atoms with van der Waals surface area (Å²) in [5.74, 6) is 3.14. The zero-order chi connectivity index (χ0) is 35.4. The summed E-state index contributed by atoms with van der Waals surface area (Å²) in [5, 5.41) is 16.0. The maximum absolute atomic E-state index is 13.5. The number of amides is 2. The Morgan fingerprint density at radius 2 is 1.67 bits per heavy atom. The Morgan fingerprint density at radius 3 is 2.45 bits per heavy atom. The van der Waals surface area contributed by atoms with Gasteiger partial charge in [0.2, 0.25) is 0 Å². The van der Waals surface area contributed by atoms with Crippen LogP contribution in [0.15, 0.2) is 97.5 Å². The molecule has 2 amide bonds. The number of nitrogens with one attached hydrogen (secondary N) is 3. The highest BCUT2D eigenvalue weighted by Gasteiger charge is 2.22. The molecule has 0 saturated heterocycles. The molecular weight excluding hydrogens is 637 g/mol. The fraction of sp³-hybridized carbons (Fsp3) is 0.293. The van der Waals surface area contributed by atoms with Crippen LogP contribution in [-0.2, 0) is 12.0 Å². The monoisotopic (exact) mass is 680 g/mol. The van der Waals surface area contributed by atoms with Gasteiger partial charge in [-0.05, 0) is 61.7 Å². The van der Waals surface area contributed by atoms with Gasteiger partial charge in [-0.2, -0.15) is 5.10 Å². The molecule has 10 nitrogen and oxygen atoms in total. The number of aromatic nitrogens is 5. The van der Waals surface area contributed by atoms with E-state index < -0.39 is 0 Å². The predicted octanol–water partition coefficient (Wildman–Crippen LogP) is 9.83. The zero-order valence-electron chi connectivity index (χ0n) is 29.6. The number of pyridine rings is 1. The van der Waals surface area contributed by atoms with E-state index in [1.807, 2.05) is 92.0 Å². The lowest BCUT2D eigenvalue weighted by atomic mass is 9.87. The van der Waals surface area contributed by atoms with Gasteiger partial charge in [-0.1, -0.05) is 82.0 Å². The highest BCUT2D eigenvalue weighted by molar-refractivity contribution is 6.07. The molecule has 3 heterocycles. The van der Waals surface area contributed by atoms with Crippen molar-refractivity contribution in [2.24, 2.45) is 0 Å². The number of rotatable bonds is 9. The number of benzene rings is 3. The summed E-state index contributed by atoms with van der Waals surface area (Å²) in [4.78, 5) is 27.3. The number of hydrogen-bond acceptors (Lipinski definition) is 7. The lowest BCUT2D eigenvalue weighted by Gasteiger charge is -2.21. The van der Waals surface area contributed by atoms with E-state index in [4.69, 9.17) is 14.8 Å². The first-order valence-electron chi connectivity index (χ1n) is 17.6. The van der Waals surface area contributed by atoms with Crippen molar-refractivity contribution in [3.05, 3.63) is 120 Å². The number of hydrogen-bond donors (Lipinski definition) is 3. The Hall–Kier alpha value is -5.77. The van der Waals surface area contributed by atoms with Crippen molar-refractivity contribution in [1.29, 1.82) is 0 Å². The van der Waals surface area contributed by atoms with Crippen molar-refractivity contribution >= 4 is 39.9 Å². The summed E-state index contributed by atoms with van der Waals surface area (Å²) in [6, 6.07) is 25.2. The lowest BCUT2D eigenvalue weighted by Crippen LogP contribution is -2.21. The van der Waals surface area contributed by atoms with E-state index in [1.54, 1.807) is 17.1 Å². The molecule has 1 fully saturated rings. The second kappa shape index (κ2) is 14.6. The van der Waals surface area contributed by atoms with Gasteiger partial charge in [0.25, 0.3) is 0 Å². The van der Waals surface area contributed by atoms with Crippen molar-refractivity contribution < 1.29 is 9.53 Å². The Morgan fingerprint density at radius 1 is 0.882 bits per heavy atom. The third-order valence-electron chi connectivity index (χ3n) is 9.28. The van der Waals surface area contributed by atoms with Crippen LogP contribution in [0, 0.1) is 6.92 Å². The van der Waals surface area contributed by atoms with Crippen LogP contribution in [0.2, 0.25) is 0 Å². The summed E-state index contributed by atoms with van der Waals surface area (Å²) in [6.07, 6.45) is 11.5. The van der Waals surface area contributed by atoms with Crippen LogP contribution in [0.3, 0.4) is 0 Å². The molecule has 10 heteroatoms. The minimum absolute atomic E-state index is 0.196. The molecule has 7 rings (SSSR count). The fourth-order valence-corrected chi connectivity index (χ4v) is 6.46. The molecule has 1 aliphatic rings. The molecule has 3 N–H and O–H groups in total. The van der Waals surface area contributed by atoms with Crippen molar-refractivity contribution in [2.75, 3.05) is 16.0 Å². The van der Waals surface area contributed by atoms with Crippen molar-refractivity contribution in [3.63, 3.8) is 0 Å². The van der Waals surface area contributed by atoms with Gasteiger partial charge in [0.05, 0.1) is 29.0 Å². The van der Waals surface area contributed by atoms with Gasteiger partial charge in [-0.15, -0.1) is 0 Å². The standard InChI is InChI=1S/C41H44N8O2/c1-27-14-16-30(17-15-27)49-39(23-36(48-49)41(2,3)4)47-40(50)45-33-18-19-35(32-13-9-8-12-31(32)33)51-26-28-20-21-43-37(22-28)46-38-25-42-24-34(44-38)29-10-6-5-7-11-29/h8-9,12-25,29H,5-7,10-11,26H2,1-4H3,(H,43,44,46)(H2,45,47,50). The molecule has 3 aromatic heterocycles. The molecule has 260 valence electrons. The largest absolute Gasteiger partial charge is 0.488 e. The van der Waals surface area contributed by atoms with Gasteiger partial charge in [-0.25, -0.2) is 19.4 Å². The van der Waals surface area contributed by atoms with E-state index >= 15 is 0 Å². The number of ether oxygens (including phenoxy) is 1. The fourth-order valence-electron chi connectivity index (χ4n) is 6.46. The maximum atomic E-state index is 13.5. The van der Waals surface area contributed by atoms with Crippen LogP contribution >= 0.6 is 0 Å². The Labute approximate surface area is 298 Å². The van der Waals surface area contributed by atoms with E-state index in [-0.39, 0.29) is 11.4 Å². The SMILES string of the molecule is Cc1ccc(-n2nc(C(C)(C)C)cc2NC(=O)Nc2ccc(OCc3ccnc(Nc4cncc(C5CCCCC5)n4)c3)c3ccccc23)cc1. The Balaban J connectivity index is 1.04. The number of carbonyl (C=O) groups excluding carboxylic acids is 1. The molecule has 0 unspecified atom stereocenters. The topological polar surface area (TPSA) is 119 Å². The highest BCUT2D eigenvalue weighted by atomic mass is 16.5. The predicted molar refractivity (Wildman–Crippen MR) is 203 cm³/mol. The molecule has 6 aromatic rings. The number of anilines is 4. The summed E-state index contributed by atoms with van der Waals surface area (Å²) < 4.78 is 8.12. The van der Waals surface area contributed by atoms with Crippen molar-refractivity contribution in [3.8, 4) is 11.4 Å². The van der Waals surface area contributed by atoms with Crippen LogP contribution in [-0.4, -0.2) is 30.8 Å². The van der Waals surface area contributed by atoms with Crippen LogP contribution in [0.5, 0.6) is 5.75 Å². The van der Waals surface area contributed by atoms with Crippen LogP contribution in [0.1, 0.15) is 81.3 Å². The highest BCUT2D eigenvalue weighted by Crippen LogP contribution is 2.34. The van der Waals surface area contributed by atoms with E-state index in [2.05, 4.69) is 46.7 Å². The average molecular weight is 681 g/mol. The first kappa shape index (κ1) is 33.7. The maximum Gasteiger partial charge on any atom is 0.324 e. The molecule has 0 spiro atoms. The smallest absolute Gasteiger partial charge is 0.324 e. The van der Waals surface area contributed by atoms with E-state index in [0.717, 1.165) is 39.0 Å². The first-order chi connectivity index (χ1) is 24.7. The van der Waals surface area contributed by atoms with E-state index in [9.17, 15) is 4.79 Å². The second-order valence-corrected chi connectivity index (χ2v) is 14.3. The number of nitrogens with zero attached hydrogens (tertiary/aromatic N) is 5. The molecular formula is C41H44N8O2. The average Bonchev–Trinajstić information content (AvgIpc) is 3.56. The molecule has 3 aromatic carbocycles. The van der Waals surface area contributed by atoms with Crippen molar-refractivity contribution in [2.45, 2.75) is 77.7 Å². The van der Waals surface area contributed by atoms with Gasteiger partial charge >= 0.3 is 6.03 Å².